The van der Waals surface area contributed by atoms with Crippen LogP contribution in [-0.2, 0) is 6.54 Å². The molecule has 0 aliphatic rings. The van der Waals surface area contributed by atoms with E-state index in [1.807, 2.05) is 56.3 Å². The van der Waals surface area contributed by atoms with Crippen molar-refractivity contribution < 1.29 is 4.79 Å². The van der Waals surface area contributed by atoms with Crippen LogP contribution >= 0.6 is 12.2 Å². The van der Waals surface area contributed by atoms with E-state index in [-0.39, 0.29) is 18.3 Å². The molecule has 0 bridgehead atoms. The van der Waals surface area contributed by atoms with E-state index in [1.165, 1.54) is 9.36 Å². The van der Waals surface area contributed by atoms with Gasteiger partial charge in [0.05, 0.1) is 5.69 Å². The molecule has 3 rings (SSSR count). The molecule has 0 spiro atoms. The number of aromatic nitrogens is 3. The molecule has 128 valence electrons. The van der Waals surface area contributed by atoms with Crippen molar-refractivity contribution in [2.24, 2.45) is 0 Å². The van der Waals surface area contributed by atoms with Crippen molar-refractivity contribution in [3.8, 4) is 0 Å². The summed E-state index contributed by atoms with van der Waals surface area (Å²) in [4.78, 5) is 12.5. The summed E-state index contributed by atoms with van der Waals surface area (Å²) in [5, 5.41) is 4.19. The zero-order valence-electron chi connectivity index (χ0n) is 14.1. The Morgan fingerprint density at radius 2 is 1.96 bits per heavy atom. The number of nitrogens with one attached hydrogen (secondary N) is 1. The van der Waals surface area contributed by atoms with Crippen molar-refractivity contribution in [3.05, 3.63) is 70.0 Å². The lowest BCUT2D eigenvalue weighted by Gasteiger charge is -2.08. The number of hydrogen-bond donors (Lipinski definition) is 2. The normalized spacial score (nSPS) is 10.6. The number of carbonyl (C=O) groups excluding carboxylic acids is 1. The van der Waals surface area contributed by atoms with E-state index in [4.69, 9.17) is 18.0 Å². The van der Waals surface area contributed by atoms with Gasteiger partial charge in [-0.1, -0.05) is 36.4 Å². The van der Waals surface area contributed by atoms with Crippen LogP contribution in [0.5, 0.6) is 0 Å². The molecule has 25 heavy (non-hydrogen) atoms. The minimum atomic E-state index is -0.0607. The van der Waals surface area contributed by atoms with Gasteiger partial charge in [-0.2, -0.15) is 4.68 Å². The molecule has 0 saturated heterocycles. The Hall–Kier alpha value is -2.93. The number of benzene rings is 2. The highest BCUT2D eigenvalue weighted by Crippen LogP contribution is 2.13. The molecule has 0 amide bonds. The summed E-state index contributed by atoms with van der Waals surface area (Å²) in [5.74, 6) is 0.137. The first-order valence-corrected chi connectivity index (χ1v) is 8.24. The van der Waals surface area contributed by atoms with E-state index in [2.05, 4.69) is 10.5 Å². The summed E-state index contributed by atoms with van der Waals surface area (Å²) in [6.07, 6.45) is 0. The van der Waals surface area contributed by atoms with Crippen LogP contribution in [0.15, 0.2) is 48.5 Å². The predicted octanol–water partition coefficient (Wildman–Crippen LogP) is 3.37. The van der Waals surface area contributed by atoms with Crippen LogP contribution in [0.4, 0.5) is 11.6 Å². The summed E-state index contributed by atoms with van der Waals surface area (Å²) in [6, 6.07) is 15.2. The largest absolute Gasteiger partial charge is 0.366 e. The van der Waals surface area contributed by atoms with Crippen LogP contribution in [0.25, 0.3) is 0 Å². The van der Waals surface area contributed by atoms with Gasteiger partial charge in [0.15, 0.2) is 5.78 Å². The van der Waals surface area contributed by atoms with E-state index in [9.17, 15) is 4.79 Å². The van der Waals surface area contributed by atoms with Crippen LogP contribution in [-0.4, -0.2) is 20.2 Å². The van der Waals surface area contributed by atoms with Crippen LogP contribution in [0.3, 0.4) is 0 Å². The first kappa shape index (κ1) is 16.9. The fraction of sp³-hybridized carbons (Fsp3) is 0.167. The van der Waals surface area contributed by atoms with Crippen molar-refractivity contribution in [1.82, 2.24) is 14.5 Å². The number of anilines is 2. The fourth-order valence-electron chi connectivity index (χ4n) is 2.58. The molecule has 1 aromatic heterocycles. The Morgan fingerprint density at radius 3 is 2.68 bits per heavy atom. The lowest BCUT2D eigenvalue weighted by molar-refractivity contribution is 0.0966. The number of Topliss-reactive ketones (excluding diaryl/α,β-unsaturated/α-hetero) is 1. The van der Waals surface area contributed by atoms with Gasteiger partial charge in [-0.05, 0) is 49.3 Å². The zero-order chi connectivity index (χ0) is 18.0. The molecule has 0 saturated carbocycles. The molecule has 0 unspecified atom stereocenters. The van der Waals surface area contributed by atoms with Crippen molar-refractivity contribution in [2.45, 2.75) is 20.4 Å². The van der Waals surface area contributed by atoms with Gasteiger partial charge >= 0.3 is 0 Å². The molecule has 3 aromatic rings. The third-order valence-electron chi connectivity index (χ3n) is 3.86. The Morgan fingerprint density at radius 1 is 1.20 bits per heavy atom. The minimum Gasteiger partial charge on any atom is -0.366 e. The smallest absolute Gasteiger partial charge is 0.240 e. The molecular weight excluding hydrogens is 334 g/mol. The van der Waals surface area contributed by atoms with Crippen LogP contribution in [0.2, 0.25) is 0 Å². The average Bonchev–Trinajstić information content (AvgIpc) is 2.83. The molecule has 0 atom stereocenters. The SMILES string of the molecule is Cc1cccc(Nn2c(N)nn(CC(=O)c3ccccc3C)c2=S)c1. The van der Waals surface area contributed by atoms with E-state index >= 15 is 0 Å². The van der Waals surface area contributed by atoms with Crippen LogP contribution in [0, 0.1) is 18.6 Å². The second kappa shape index (κ2) is 6.90. The average molecular weight is 353 g/mol. The Labute approximate surface area is 150 Å². The maximum Gasteiger partial charge on any atom is 0.240 e. The third-order valence-corrected chi connectivity index (χ3v) is 4.26. The molecule has 2 aromatic carbocycles. The number of aryl methyl sites for hydroxylation is 2. The van der Waals surface area contributed by atoms with Crippen LogP contribution in [0.1, 0.15) is 21.5 Å². The second-order valence-electron chi connectivity index (χ2n) is 5.85. The summed E-state index contributed by atoms with van der Waals surface area (Å²) in [6.45, 7) is 3.94. The number of nitrogens with two attached hydrogens (primary N) is 1. The van der Waals surface area contributed by atoms with Gasteiger partial charge in [-0.15, -0.1) is 5.10 Å². The molecule has 0 aliphatic heterocycles. The van der Waals surface area contributed by atoms with Gasteiger partial charge in [0.25, 0.3) is 0 Å². The number of nitrogen functional groups attached to an aromatic ring is 1. The van der Waals surface area contributed by atoms with Gasteiger partial charge in [0, 0.05) is 5.56 Å². The minimum absolute atomic E-state index is 0.0381. The molecule has 0 aliphatic carbocycles. The Kier molecular flexibility index (Phi) is 4.67. The number of carbonyl (C=O) groups is 1. The van der Waals surface area contributed by atoms with Crippen molar-refractivity contribution in [2.75, 3.05) is 11.2 Å². The molecule has 3 N–H and O–H groups in total. The number of nitrogens with zero attached hydrogens (tertiary/aromatic N) is 3. The number of hydrogen-bond acceptors (Lipinski definition) is 5. The van der Waals surface area contributed by atoms with Gasteiger partial charge in [-0.3, -0.25) is 10.2 Å². The predicted molar refractivity (Wildman–Crippen MR) is 101 cm³/mol. The first-order chi connectivity index (χ1) is 12.0. The van der Waals surface area contributed by atoms with E-state index < -0.39 is 0 Å². The van der Waals surface area contributed by atoms with Gasteiger partial charge in [0.2, 0.25) is 10.7 Å². The summed E-state index contributed by atoms with van der Waals surface area (Å²) < 4.78 is 3.26. The van der Waals surface area contributed by atoms with Crippen molar-refractivity contribution in [3.63, 3.8) is 0 Å². The lowest BCUT2D eigenvalue weighted by Crippen LogP contribution is -2.15. The highest BCUT2D eigenvalue weighted by molar-refractivity contribution is 7.71. The fourth-order valence-corrected chi connectivity index (χ4v) is 2.83. The lowest BCUT2D eigenvalue weighted by atomic mass is 10.1. The van der Waals surface area contributed by atoms with Gasteiger partial charge in [-0.25, -0.2) is 4.68 Å². The quantitative estimate of drug-likeness (QED) is 0.543. The number of ketones is 1. The molecule has 7 heteroatoms. The maximum atomic E-state index is 12.5. The highest BCUT2D eigenvalue weighted by Gasteiger charge is 2.14. The summed E-state index contributed by atoms with van der Waals surface area (Å²) >= 11 is 5.41. The monoisotopic (exact) mass is 353 g/mol. The standard InChI is InChI=1S/C18H19N5OS/c1-12-6-5-8-14(10-12)20-23-17(19)21-22(18(23)25)11-16(24)15-9-4-3-7-13(15)2/h3-10,20H,11H2,1-2H3,(H2,19,21). The topological polar surface area (TPSA) is 77.9 Å². The molecule has 0 fully saturated rings. The van der Waals surface area contributed by atoms with Crippen molar-refractivity contribution in [1.29, 1.82) is 0 Å². The van der Waals surface area contributed by atoms with E-state index in [1.54, 1.807) is 6.07 Å². The maximum absolute atomic E-state index is 12.5. The Balaban J connectivity index is 1.86. The van der Waals surface area contributed by atoms with E-state index in [0.717, 1.165) is 16.8 Å². The van der Waals surface area contributed by atoms with Crippen LogP contribution < -0.4 is 11.2 Å². The molecule has 6 nitrogen and oxygen atoms in total. The summed E-state index contributed by atoms with van der Waals surface area (Å²) in [7, 11) is 0. The zero-order valence-corrected chi connectivity index (χ0v) is 14.9. The third kappa shape index (κ3) is 3.61. The number of rotatable bonds is 5. The molecule has 1 heterocycles. The molecular formula is C18H19N5OS. The first-order valence-electron chi connectivity index (χ1n) is 7.83. The summed E-state index contributed by atoms with van der Waals surface area (Å²) in [5.41, 5.74) is 12.6. The highest BCUT2D eigenvalue weighted by atomic mass is 32.1. The Bertz CT molecular complexity index is 989. The van der Waals surface area contributed by atoms with Gasteiger partial charge < -0.3 is 5.73 Å². The second-order valence-corrected chi connectivity index (χ2v) is 6.22. The van der Waals surface area contributed by atoms with E-state index in [0.29, 0.717) is 10.3 Å². The molecule has 0 radical (unpaired) electrons. The van der Waals surface area contributed by atoms with Gasteiger partial charge in [0.1, 0.15) is 6.54 Å². The van der Waals surface area contributed by atoms with Crippen molar-refractivity contribution >= 4 is 29.6 Å².